The van der Waals surface area contributed by atoms with Crippen LogP contribution in [0.2, 0.25) is 0 Å². The number of rotatable bonds is 5. The Kier molecular flexibility index (Phi) is 7.01. The molecule has 14 nitrogen and oxygen atoms in total. The fourth-order valence-electron chi connectivity index (χ4n) is 7.40. The number of hydrogen-bond acceptors (Lipinski definition) is 10. The third-order valence-corrected chi connectivity index (χ3v) is 10.3. The average Bonchev–Trinajstić information content (AvgIpc) is 3.66. The molecule has 52 heavy (non-hydrogen) atoms. The molecule has 2 saturated heterocycles. The van der Waals surface area contributed by atoms with E-state index in [1.807, 2.05) is 30.3 Å². The summed E-state index contributed by atoms with van der Waals surface area (Å²) < 4.78 is 14.9. The number of carbonyl (C=O) groups excluding carboxylic acids is 3. The molecule has 6 aromatic rings. The van der Waals surface area contributed by atoms with Crippen LogP contribution in [-0.2, 0) is 29.1 Å². The number of furan rings is 1. The van der Waals surface area contributed by atoms with Gasteiger partial charge in [0.25, 0.3) is 5.91 Å². The van der Waals surface area contributed by atoms with E-state index in [1.54, 1.807) is 53.9 Å². The van der Waals surface area contributed by atoms with Gasteiger partial charge in [0.15, 0.2) is 5.82 Å². The monoisotopic (exact) mass is 694 g/mol. The molecular formula is C38H30N8O6. The summed E-state index contributed by atoms with van der Waals surface area (Å²) in [7, 11) is 3.51. The van der Waals surface area contributed by atoms with Crippen LogP contribution in [0.25, 0.3) is 33.4 Å². The molecule has 0 unspecified atom stereocenters. The molecule has 3 amide bonds. The van der Waals surface area contributed by atoms with E-state index in [4.69, 9.17) is 9.15 Å². The number of ether oxygens (including phenoxy) is 1. The van der Waals surface area contributed by atoms with Crippen LogP contribution in [0.3, 0.4) is 0 Å². The van der Waals surface area contributed by atoms with E-state index in [2.05, 4.69) is 42.3 Å². The maximum atomic E-state index is 12.8. The lowest BCUT2D eigenvalue weighted by molar-refractivity contribution is -0.151. The van der Waals surface area contributed by atoms with Gasteiger partial charge in [0.1, 0.15) is 23.6 Å². The summed E-state index contributed by atoms with van der Waals surface area (Å²) in [6.45, 7) is 1.09. The summed E-state index contributed by atoms with van der Waals surface area (Å²) in [4.78, 5) is 65.6. The smallest absolute Gasteiger partial charge is 0.328 e. The Morgan fingerprint density at radius 1 is 1.02 bits per heavy atom. The number of hydrogen-bond donors (Lipinski definition) is 2. The molecule has 0 radical (unpaired) electrons. The van der Waals surface area contributed by atoms with Crippen molar-refractivity contribution in [3.05, 3.63) is 94.5 Å². The Bertz CT molecular complexity index is 2620. The molecular weight excluding hydrogens is 664 g/mol. The number of piperidine rings is 2. The summed E-state index contributed by atoms with van der Waals surface area (Å²) in [5.41, 5.74) is 5.35. The Morgan fingerprint density at radius 2 is 1.87 bits per heavy atom. The summed E-state index contributed by atoms with van der Waals surface area (Å²) >= 11 is 0. The van der Waals surface area contributed by atoms with Crippen molar-refractivity contribution in [3.8, 4) is 29.1 Å². The lowest BCUT2D eigenvalue weighted by Gasteiger charge is -2.49. The van der Waals surface area contributed by atoms with E-state index in [9.17, 15) is 19.2 Å². The lowest BCUT2D eigenvalue weighted by atomic mass is 9.55. The van der Waals surface area contributed by atoms with Gasteiger partial charge in [0, 0.05) is 54.0 Å². The predicted molar refractivity (Wildman–Crippen MR) is 189 cm³/mol. The number of fused-ring (bicyclic) bond motifs is 5. The fraction of sp³-hybridized carbons (Fsp3) is 0.237. The van der Waals surface area contributed by atoms with Crippen molar-refractivity contribution in [2.45, 2.75) is 18.3 Å². The zero-order valence-corrected chi connectivity index (χ0v) is 28.1. The first kappa shape index (κ1) is 31.2. The Morgan fingerprint density at radius 3 is 2.67 bits per heavy atom. The summed E-state index contributed by atoms with van der Waals surface area (Å²) in [6.07, 6.45) is 5.80. The molecule has 3 fully saturated rings. The molecule has 4 aliphatic rings. The number of aryl methyl sites for hydroxylation is 2. The van der Waals surface area contributed by atoms with Crippen LogP contribution in [0.1, 0.15) is 34.5 Å². The molecule has 258 valence electrons. The number of anilines is 2. The van der Waals surface area contributed by atoms with E-state index in [0.717, 1.165) is 27.7 Å². The van der Waals surface area contributed by atoms with Gasteiger partial charge in [-0.3, -0.25) is 33.8 Å². The van der Waals surface area contributed by atoms with Crippen LogP contribution in [-0.4, -0.2) is 61.5 Å². The van der Waals surface area contributed by atoms with Crippen molar-refractivity contribution in [2.75, 3.05) is 24.6 Å². The Hall–Kier alpha value is -6.75. The largest absolute Gasteiger partial charge is 0.474 e. The second-order valence-corrected chi connectivity index (χ2v) is 13.2. The molecule has 7 heterocycles. The van der Waals surface area contributed by atoms with Gasteiger partial charge in [-0.05, 0) is 61.4 Å². The Balaban J connectivity index is 0.864. The minimum Gasteiger partial charge on any atom is -0.474 e. The van der Waals surface area contributed by atoms with Crippen molar-refractivity contribution >= 4 is 51.1 Å². The van der Waals surface area contributed by atoms with E-state index in [0.29, 0.717) is 60.1 Å². The van der Waals surface area contributed by atoms with Crippen LogP contribution < -0.4 is 26.0 Å². The third-order valence-electron chi connectivity index (χ3n) is 10.3. The van der Waals surface area contributed by atoms with E-state index >= 15 is 0 Å². The number of imidazole rings is 1. The highest BCUT2D eigenvalue weighted by molar-refractivity contribution is 6.09. The van der Waals surface area contributed by atoms with Crippen LogP contribution >= 0.6 is 0 Å². The predicted octanol–water partition coefficient (Wildman–Crippen LogP) is 3.09. The zero-order chi connectivity index (χ0) is 35.7. The summed E-state index contributed by atoms with van der Waals surface area (Å²) in [5, 5.41) is 6.03. The van der Waals surface area contributed by atoms with E-state index in [-0.39, 0.29) is 41.6 Å². The molecule has 2 bridgehead atoms. The van der Waals surface area contributed by atoms with Gasteiger partial charge in [-0.25, -0.2) is 9.78 Å². The number of pyridine rings is 1. The first-order chi connectivity index (χ1) is 25.2. The molecule has 14 heteroatoms. The first-order valence-electron chi connectivity index (χ1n) is 16.7. The fourth-order valence-corrected chi connectivity index (χ4v) is 7.40. The Labute approximate surface area is 295 Å². The maximum absolute atomic E-state index is 12.8. The van der Waals surface area contributed by atoms with Crippen LogP contribution in [0.15, 0.2) is 76.4 Å². The number of amides is 3. The number of imide groups is 1. The van der Waals surface area contributed by atoms with Crippen molar-refractivity contribution in [1.82, 2.24) is 34.7 Å². The number of nitrogens with one attached hydrogen (secondary N) is 2. The molecule has 2 N–H and O–H groups in total. The molecule has 2 aromatic carbocycles. The lowest BCUT2D eigenvalue weighted by Crippen LogP contribution is -2.64. The third kappa shape index (κ3) is 4.84. The van der Waals surface area contributed by atoms with Crippen molar-refractivity contribution < 1.29 is 23.5 Å². The number of aromatic nitrogens is 5. The molecule has 0 spiro atoms. The highest BCUT2D eigenvalue weighted by Gasteiger charge is 2.59. The standard InChI is InChI=1S/C38H30N8O6/c1-44-28-9-7-24(15-29(28)45(2)37(44)50)46-12-13-51-35-30(46)19-41-32(42-35)22-6-8-27(40-18-22)34(48)39-11-3-4-21-5-10-31-25(14-21)26(20-52-31)38-16-23(17-38)33(47)43-36(38)49/h5-10,14-15,18-20,23H,11-13,16-17H2,1-2H3,(H,39,48)(H,43,47,49). The van der Waals surface area contributed by atoms with Gasteiger partial charge in [-0.1, -0.05) is 11.8 Å². The second kappa shape index (κ2) is 11.7. The molecule has 1 saturated carbocycles. The highest BCUT2D eigenvalue weighted by Crippen LogP contribution is 2.53. The number of benzene rings is 2. The number of carbonyl (C=O) groups is 3. The molecule has 4 aromatic heterocycles. The minimum atomic E-state index is -0.754. The normalized spacial score (nSPS) is 19.0. The second-order valence-electron chi connectivity index (χ2n) is 13.2. The van der Waals surface area contributed by atoms with Gasteiger partial charge in [-0.2, -0.15) is 4.98 Å². The SMILES string of the molecule is Cn1c(=O)n(C)c2cc(N3CCOc4nc(-c5ccc(C(=O)NCC#Cc6ccc7occ(C89CC(C8)C(=O)NC9=O)c7c6)nc5)ncc43)ccc21. The van der Waals surface area contributed by atoms with Gasteiger partial charge in [-0.15, -0.1) is 0 Å². The summed E-state index contributed by atoms with van der Waals surface area (Å²) in [6, 6.07) is 14.7. The maximum Gasteiger partial charge on any atom is 0.328 e. The van der Waals surface area contributed by atoms with Crippen LogP contribution in [0.4, 0.5) is 11.4 Å². The average molecular weight is 695 g/mol. The molecule has 10 rings (SSSR count). The van der Waals surface area contributed by atoms with Crippen LogP contribution in [0, 0.1) is 17.8 Å². The number of nitrogens with zero attached hydrogens (tertiary/aromatic N) is 6. The van der Waals surface area contributed by atoms with Crippen molar-refractivity contribution in [1.29, 1.82) is 0 Å². The first-order valence-corrected chi connectivity index (χ1v) is 16.7. The highest BCUT2D eigenvalue weighted by atomic mass is 16.5. The zero-order valence-electron chi connectivity index (χ0n) is 28.1. The van der Waals surface area contributed by atoms with Gasteiger partial charge >= 0.3 is 5.69 Å². The summed E-state index contributed by atoms with van der Waals surface area (Å²) in [5.74, 6) is 5.83. The van der Waals surface area contributed by atoms with E-state index in [1.165, 1.54) is 6.20 Å². The van der Waals surface area contributed by atoms with Crippen LogP contribution in [0.5, 0.6) is 5.88 Å². The van der Waals surface area contributed by atoms with Crippen molar-refractivity contribution in [2.24, 2.45) is 20.0 Å². The molecule has 3 aliphatic heterocycles. The minimum absolute atomic E-state index is 0.0873. The van der Waals surface area contributed by atoms with E-state index < -0.39 is 5.41 Å². The topological polar surface area (TPSA) is 166 Å². The molecule has 0 atom stereocenters. The van der Waals surface area contributed by atoms with Gasteiger partial charge in [0.05, 0.1) is 42.0 Å². The van der Waals surface area contributed by atoms with Gasteiger partial charge < -0.3 is 19.4 Å². The quantitative estimate of drug-likeness (QED) is 0.202. The van der Waals surface area contributed by atoms with Crippen molar-refractivity contribution in [3.63, 3.8) is 0 Å². The van der Waals surface area contributed by atoms with Gasteiger partial charge in [0.2, 0.25) is 17.7 Å². The molecule has 1 aliphatic carbocycles.